The van der Waals surface area contributed by atoms with Gasteiger partial charge in [0.15, 0.2) is 6.61 Å². The van der Waals surface area contributed by atoms with Gasteiger partial charge in [0.1, 0.15) is 11.5 Å². The standard InChI is InChI=1S/C19H18Cl2N2O3/c1-2-25-17-6-4-16(5-7-17)23(9-3-8-22)19(24)13-26-18-11-14(20)10-15(21)12-18/h4-7,10-12H,2-3,9,13H2,1H3. The fourth-order valence-electron chi connectivity index (χ4n) is 2.28. The third-order valence-electron chi connectivity index (χ3n) is 3.41. The van der Waals surface area contributed by atoms with Gasteiger partial charge < -0.3 is 14.4 Å². The Morgan fingerprint density at radius 2 is 1.73 bits per heavy atom. The maximum atomic E-state index is 12.6. The highest BCUT2D eigenvalue weighted by Crippen LogP contribution is 2.25. The molecule has 0 heterocycles. The molecule has 0 N–H and O–H groups in total. The van der Waals surface area contributed by atoms with Gasteiger partial charge >= 0.3 is 0 Å². The average molecular weight is 393 g/mol. The number of hydrogen-bond acceptors (Lipinski definition) is 4. The van der Waals surface area contributed by atoms with E-state index in [-0.39, 0.29) is 25.5 Å². The van der Waals surface area contributed by atoms with Gasteiger partial charge in [-0.1, -0.05) is 23.2 Å². The van der Waals surface area contributed by atoms with E-state index in [9.17, 15) is 4.79 Å². The van der Waals surface area contributed by atoms with E-state index in [1.165, 1.54) is 4.90 Å². The van der Waals surface area contributed by atoms with E-state index in [2.05, 4.69) is 0 Å². The summed E-state index contributed by atoms with van der Waals surface area (Å²) >= 11 is 11.9. The molecule has 0 aliphatic carbocycles. The van der Waals surface area contributed by atoms with Gasteiger partial charge in [0.2, 0.25) is 0 Å². The Hall–Kier alpha value is -2.42. The first-order valence-electron chi connectivity index (χ1n) is 8.02. The van der Waals surface area contributed by atoms with Crippen LogP contribution in [-0.4, -0.2) is 25.7 Å². The Balaban J connectivity index is 2.09. The molecular weight excluding hydrogens is 375 g/mol. The van der Waals surface area contributed by atoms with Crippen LogP contribution in [0.25, 0.3) is 0 Å². The van der Waals surface area contributed by atoms with Crippen molar-refractivity contribution in [1.82, 2.24) is 0 Å². The van der Waals surface area contributed by atoms with Gasteiger partial charge in [-0.3, -0.25) is 4.79 Å². The molecule has 5 nitrogen and oxygen atoms in total. The van der Waals surface area contributed by atoms with Gasteiger partial charge in [-0.05, 0) is 49.4 Å². The number of rotatable bonds is 8. The number of ether oxygens (including phenoxy) is 2. The van der Waals surface area contributed by atoms with E-state index in [0.29, 0.717) is 33.8 Å². The van der Waals surface area contributed by atoms with E-state index in [1.807, 2.05) is 13.0 Å². The molecule has 0 saturated heterocycles. The summed E-state index contributed by atoms with van der Waals surface area (Å²) in [5.74, 6) is 0.844. The van der Waals surface area contributed by atoms with Gasteiger partial charge in [0, 0.05) is 22.3 Å². The minimum absolute atomic E-state index is 0.199. The van der Waals surface area contributed by atoms with Crippen LogP contribution in [0, 0.1) is 11.3 Å². The second kappa shape index (κ2) is 9.91. The van der Waals surface area contributed by atoms with Crippen LogP contribution in [0.2, 0.25) is 10.0 Å². The van der Waals surface area contributed by atoms with E-state index < -0.39 is 0 Å². The Morgan fingerprint density at radius 1 is 1.08 bits per heavy atom. The molecular formula is C19H18Cl2N2O3. The number of amides is 1. The highest BCUT2D eigenvalue weighted by atomic mass is 35.5. The fraction of sp³-hybridized carbons (Fsp3) is 0.263. The second-order valence-corrected chi connectivity index (χ2v) is 6.15. The van der Waals surface area contributed by atoms with Crippen LogP contribution >= 0.6 is 23.2 Å². The number of benzene rings is 2. The van der Waals surface area contributed by atoms with Crippen molar-refractivity contribution in [3.63, 3.8) is 0 Å². The maximum Gasteiger partial charge on any atom is 0.264 e. The van der Waals surface area contributed by atoms with Crippen LogP contribution in [0.3, 0.4) is 0 Å². The van der Waals surface area contributed by atoms with Crippen molar-refractivity contribution >= 4 is 34.8 Å². The minimum atomic E-state index is -0.277. The van der Waals surface area contributed by atoms with Gasteiger partial charge in [-0.2, -0.15) is 5.26 Å². The molecule has 1 amide bonds. The largest absolute Gasteiger partial charge is 0.494 e. The number of halogens is 2. The Morgan fingerprint density at radius 3 is 2.31 bits per heavy atom. The van der Waals surface area contributed by atoms with Crippen molar-refractivity contribution in [2.45, 2.75) is 13.3 Å². The molecule has 7 heteroatoms. The van der Waals surface area contributed by atoms with Crippen molar-refractivity contribution in [3.05, 3.63) is 52.5 Å². The van der Waals surface area contributed by atoms with E-state index >= 15 is 0 Å². The lowest BCUT2D eigenvalue weighted by atomic mass is 10.2. The molecule has 26 heavy (non-hydrogen) atoms. The third-order valence-corrected chi connectivity index (χ3v) is 3.84. The van der Waals surface area contributed by atoms with E-state index in [4.69, 9.17) is 37.9 Å². The average Bonchev–Trinajstić information content (AvgIpc) is 2.61. The highest BCUT2D eigenvalue weighted by Gasteiger charge is 2.16. The lowest BCUT2D eigenvalue weighted by molar-refractivity contribution is -0.120. The molecule has 0 aliphatic rings. The number of nitrogens with zero attached hydrogens (tertiary/aromatic N) is 2. The molecule has 2 aromatic carbocycles. The summed E-state index contributed by atoms with van der Waals surface area (Å²) in [4.78, 5) is 14.1. The molecule has 2 rings (SSSR count). The first-order valence-corrected chi connectivity index (χ1v) is 8.78. The van der Waals surface area contributed by atoms with Gasteiger partial charge in [-0.15, -0.1) is 0 Å². The lowest BCUT2D eigenvalue weighted by Gasteiger charge is -2.22. The zero-order valence-electron chi connectivity index (χ0n) is 14.2. The fourth-order valence-corrected chi connectivity index (χ4v) is 2.79. The Kier molecular flexibility index (Phi) is 7.58. The van der Waals surface area contributed by atoms with Gasteiger partial charge in [0.05, 0.1) is 19.1 Å². The topological polar surface area (TPSA) is 62.6 Å². The maximum absolute atomic E-state index is 12.6. The highest BCUT2D eigenvalue weighted by molar-refractivity contribution is 6.34. The lowest BCUT2D eigenvalue weighted by Crippen LogP contribution is -2.35. The van der Waals surface area contributed by atoms with Gasteiger partial charge in [-0.25, -0.2) is 0 Å². The van der Waals surface area contributed by atoms with Crippen molar-refractivity contribution in [2.24, 2.45) is 0 Å². The molecule has 0 unspecified atom stereocenters. The van der Waals surface area contributed by atoms with E-state index in [0.717, 1.165) is 0 Å². The number of anilines is 1. The second-order valence-electron chi connectivity index (χ2n) is 5.27. The summed E-state index contributed by atoms with van der Waals surface area (Å²) in [7, 11) is 0. The summed E-state index contributed by atoms with van der Waals surface area (Å²) in [5.41, 5.74) is 0.668. The number of nitriles is 1. The quantitative estimate of drug-likeness (QED) is 0.651. The first-order chi connectivity index (χ1) is 12.5. The molecule has 0 spiro atoms. The van der Waals surface area contributed by atoms with Crippen molar-refractivity contribution in [3.8, 4) is 17.6 Å². The predicted molar refractivity (Wildman–Crippen MR) is 102 cm³/mol. The molecule has 0 radical (unpaired) electrons. The zero-order chi connectivity index (χ0) is 18.9. The SMILES string of the molecule is CCOc1ccc(N(CCC#N)C(=O)COc2cc(Cl)cc(Cl)c2)cc1. The summed E-state index contributed by atoms with van der Waals surface area (Å²) in [6.45, 7) is 2.53. The van der Waals surface area contributed by atoms with Crippen LogP contribution in [0.5, 0.6) is 11.5 Å². The van der Waals surface area contributed by atoms with Crippen LogP contribution in [0.4, 0.5) is 5.69 Å². The number of carbonyl (C=O) groups excluding carboxylic acids is 1. The summed E-state index contributed by atoms with van der Waals surface area (Å²) in [5, 5.41) is 9.71. The van der Waals surface area contributed by atoms with Crippen LogP contribution in [0.1, 0.15) is 13.3 Å². The normalized spacial score (nSPS) is 10.1. The smallest absolute Gasteiger partial charge is 0.264 e. The molecule has 0 fully saturated rings. The molecule has 0 atom stereocenters. The monoisotopic (exact) mass is 392 g/mol. The summed E-state index contributed by atoms with van der Waals surface area (Å²) in [6.07, 6.45) is 0.210. The van der Waals surface area contributed by atoms with Crippen molar-refractivity contribution < 1.29 is 14.3 Å². The molecule has 136 valence electrons. The first kappa shape index (κ1) is 19.9. The predicted octanol–water partition coefficient (Wildman–Crippen LogP) is 4.72. The van der Waals surface area contributed by atoms with Crippen molar-refractivity contribution in [2.75, 3.05) is 24.7 Å². The van der Waals surface area contributed by atoms with E-state index in [1.54, 1.807) is 42.5 Å². The summed E-state index contributed by atoms with van der Waals surface area (Å²) in [6, 6.07) is 13.9. The number of hydrogen-bond donors (Lipinski definition) is 0. The van der Waals surface area contributed by atoms with Crippen LogP contribution in [0.15, 0.2) is 42.5 Å². The van der Waals surface area contributed by atoms with Crippen molar-refractivity contribution in [1.29, 1.82) is 5.26 Å². The molecule has 2 aromatic rings. The zero-order valence-corrected chi connectivity index (χ0v) is 15.8. The molecule has 0 bridgehead atoms. The number of carbonyl (C=O) groups is 1. The minimum Gasteiger partial charge on any atom is -0.494 e. The molecule has 0 saturated carbocycles. The van der Waals surface area contributed by atoms with Crippen LogP contribution < -0.4 is 14.4 Å². The Labute approximate surface area is 162 Å². The van der Waals surface area contributed by atoms with Gasteiger partial charge in [0.25, 0.3) is 5.91 Å². The third kappa shape index (κ3) is 5.83. The Bertz CT molecular complexity index is 768. The molecule has 0 aliphatic heterocycles. The summed E-state index contributed by atoms with van der Waals surface area (Å²) < 4.78 is 10.9. The van der Waals surface area contributed by atoms with Crippen LogP contribution in [-0.2, 0) is 4.79 Å². The molecule has 0 aromatic heterocycles.